The number of ether oxygens (including phenoxy) is 1. The maximum atomic E-state index is 5.97. The molecule has 2 fully saturated rings. The first-order valence-corrected chi connectivity index (χ1v) is 11.9. The van der Waals surface area contributed by atoms with Gasteiger partial charge in [-0.3, -0.25) is 0 Å². The van der Waals surface area contributed by atoms with Crippen LogP contribution in [0.2, 0.25) is 0 Å². The molecule has 0 saturated heterocycles. The van der Waals surface area contributed by atoms with Gasteiger partial charge in [-0.2, -0.15) is 0 Å². The Labute approximate surface area is 171 Å². The summed E-state index contributed by atoms with van der Waals surface area (Å²) in [5, 5.41) is 0. The van der Waals surface area contributed by atoms with Crippen LogP contribution in [0.5, 0.6) is 0 Å². The van der Waals surface area contributed by atoms with Crippen molar-refractivity contribution in [3.8, 4) is 0 Å². The standard InChI is InChI=1S/C25H38N2O/c1-18(2)16-21-17-28-25(26-21)23-15-9-14-22(27-23)24(19-10-5-3-6-11-19)20-12-7-4-8-13-20/h9,14-15,18-21,24H,3-8,10-13,16-17H2,1-2H3. The second-order valence-electron chi connectivity index (χ2n) is 9.80. The molecule has 4 rings (SSSR count). The molecule has 0 amide bonds. The third-order valence-electron chi connectivity index (χ3n) is 7.10. The van der Waals surface area contributed by atoms with E-state index in [4.69, 9.17) is 14.7 Å². The molecule has 1 atom stereocenters. The Bertz CT molecular complexity index is 638. The summed E-state index contributed by atoms with van der Waals surface area (Å²) in [4.78, 5) is 10.0. The van der Waals surface area contributed by atoms with Crippen LogP contribution >= 0.6 is 0 Å². The van der Waals surface area contributed by atoms with Crippen molar-refractivity contribution in [2.24, 2.45) is 22.7 Å². The number of pyridine rings is 1. The fraction of sp³-hybridized carbons (Fsp3) is 0.760. The molecular formula is C25H38N2O. The maximum absolute atomic E-state index is 5.97. The van der Waals surface area contributed by atoms with Gasteiger partial charge in [-0.15, -0.1) is 0 Å². The van der Waals surface area contributed by atoms with Crippen molar-refractivity contribution in [1.29, 1.82) is 0 Å². The van der Waals surface area contributed by atoms with Crippen molar-refractivity contribution in [1.82, 2.24) is 4.98 Å². The van der Waals surface area contributed by atoms with E-state index in [2.05, 4.69) is 32.0 Å². The van der Waals surface area contributed by atoms with E-state index in [1.54, 1.807) is 0 Å². The van der Waals surface area contributed by atoms with Crippen molar-refractivity contribution >= 4 is 5.90 Å². The van der Waals surface area contributed by atoms with Crippen LogP contribution in [0.3, 0.4) is 0 Å². The Morgan fingerprint density at radius 2 is 1.57 bits per heavy atom. The molecule has 1 aromatic rings. The fourth-order valence-corrected chi connectivity index (χ4v) is 5.83. The molecule has 2 heterocycles. The second-order valence-corrected chi connectivity index (χ2v) is 9.80. The Balaban J connectivity index is 1.57. The quantitative estimate of drug-likeness (QED) is 0.561. The lowest BCUT2D eigenvalue weighted by Gasteiger charge is -2.37. The van der Waals surface area contributed by atoms with Crippen LogP contribution < -0.4 is 0 Å². The predicted molar refractivity (Wildman–Crippen MR) is 116 cm³/mol. The summed E-state index contributed by atoms with van der Waals surface area (Å²) < 4.78 is 5.97. The molecule has 3 nitrogen and oxygen atoms in total. The molecule has 2 saturated carbocycles. The molecule has 0 aromatic carbocycles. The van der Waals surface area contributed by atoms with E-state index in [1.165, 1.54) is 69.9 Å². The Kier molecular flexibility index (Phi) is 6.69. The van der Waals surface area contributed by atoms with Gasteiger partial charge in [0, 0.05) is 11.6 Å². The molecule has 0 N–H and O–H groups in total. The summed E-state index contributed by atoms with van der Waals surface area (Å²) in [6, 6.07) is 6.88. The van der Waals surface area contributed by atoms with Crippen molar-refractivity contribution in [2.75, 3.05) is 6.61 Å². The summed E-state index contributed by atoms with van der Waals surface area (Å²) in [5.41, 5.74) is 2.27. The van der Waals surface area contributed by atoms with E-state index in [9.17, 15) is 0 Å². The molecule has 154 valence electrons. The van der Waals surface area contributed by atoms with Gasteiger partial charge in [0.15, 0.2) is 0 Å². The predicted octanol–water partition coefficient (Wildman–Crippen LogP) is 6.52. The first kappa shape index (κ1) is 19.9. The lowest BCUT2D eigenvalue weighted by atomic mass is 9.68. The first-order valence-electron chi connectivity index (χ1n) is 11.9. The van der Waals surface area contributed by atoms with E-state index in [0.717, 1.165) is 29.8 Å². The molecule has 2 aliphatic carbocycles. The Morgan fingerprint density at radius 1 is 0.929 bits per heavy atom. The lowest BCUT2D eigenvalue weighted by Crippen LogP contribution is -2.26. The van der Waals surface area contributed by atoms with Gasteiger partial charge < -0.3 is 4.74 Å². The van der Waals surface area contributed by atoms with E-state index in [0.29, 0.717) is 24.5 Å². The topological polar surface area (TPSA) is 34.5 Å². The van der Waals surface area contributed by atoms with Crippen molar-refractivity contribution in [3.63, 3.8) is 0 Å². The van der Waals surface area contributed by atoms with E-state index in [1.807, 2.05) is 0 Å². The maximum Gasteiger partial charge on any atom is 0.235 e. The third kappa shape index (κ3) is 4.78. The number of hydrogen-bond acceptors (Lipinski definition) is 3. The van der Waals surface area contributed by atoms with Gasteiger partial charge in [-0.1, -0.05) is 58.4 Å². The van der Waals surface area contributed by atoms with Crippen LogP contribution in [-0.4, -0.2) is 23.5 Å². The van der Waals surface area contributed by atoms with Gasteiger partial charge >= 0.3 is 0 Å². The number of aliphatic imine (C=N–C) groups is 1. The fourth-order valence-electron chi connectivity index (χ4n) is 5.83. The summed E-state index contributed by atoms with van der Waals surface area (Å²) in [5.74, 6) is 3.70. The average Bonchev–Trinajstić information content (AvgIpc) is 3.18. The molecule has 1 aliphatic heterocycles. The number of aromatic nitrogens is 1. The van der Waals surface area contributed by atoms with Crippen LogP contribution in [0.15, 0.2) is 23.2 Å². The molecular weight excluding hydrogens is 344 g/mol. The van der Waals surface area contributed by atoms with E-state index >= 15 is 0 Å². The minimum Gasteiger partial charge on any atom is -0.474 e. The second kappa shape index (κ2) is 9.41. The zero-order valence-electron chi connectivity index (χ0n) is 17.9. The monoisotopic (exact) mass is 382 g/mol. The largest absolute Gasteiger partial charge is 0.474 e. The van der Waals surface area contributed by atoms with Gasteiger partial charge in [0.1, 0.15) is 12.3 Å². The number of rotatable bonds is 6. The first-order chi connectivity index (χ1) is 13.7. The highest BCUT2D eigenvalue weighted by Crippen LogP contribution is 2.45. The highest BCUT2D eigenvalue weighted by Gasteiger charge is 2.34. The minimum absolute atomic E-state index is 0.299. The van der Waals surface area contributed by atoms with Gasteiger partial charge in [-0.25, -0.2) is 9.98 Å². The zero-order valence-corrected chi connectivity index (χ0v) is 17.9. The number of hydrogen-bond donors (Lipinski definition) is 0. The van der Waals surface area contributed by atoms with Crippen molar-refractivity contribution in [2.45, 2.75) is 96.4 Å². The molecule has 3 aliphatic rings. The molecule has 0 bridgehead atoms. The van der Waals surface area contributed by atoms with E-state index < -0.39 is 0 Å². The normalized spacial score (nSPS) is 24.6. The molecule has 1 aromatic heterocycles. The highest BCUT2D eigenvalue weighted by molar-refractivity contribution is 5.93. The Hall–Kier alpha value is -1.38. The Morgan fingerprint density at radius 3 is 2.18 bits per heavy atom. The molecule has 1 unspecified atom stereocenters. The van der Waals surface area contributed by atoms with Crippen molar-refractivity contribution < 1.29 is 4.74 Å². The van der Waals surface area contributed by atoms with Crippen LogP contribution in [0.1, 0.15) is 102 Å². The van der Waals surface area contributed by atoms with Crippen LogP contribution in [-0.2, 0) is 4.74 Å². The van der Waals surface area contributed by atoms with E-state index in [-0.39, 0.29) is 0 Å². The average molecular weight is 383 g/mol. The van der Waals surface area contributed by atoms with Gasteiger partial charge in [0.05, 0.1) is 6.04 Å². The van der Waals surface area contributed by atoms with Crippen LogP contribution in [0.25, 0.3) is 0 Å². The summed E-state index contributed by atoms with van der Waals surface area (Å²) in [6.45, 7) is 5.23. The highest BCUT2D eigenvalue weighted by atomic mass is 16.5. The SMILES string of the molecule is CC(C)CC1COC(c2cccc(C(C3CCCCC3)C3CCCCC3)n2)=N1. The third-order valence-corrected chi connectivity index (χ3v) is 7.10. The summed E-state index contributed by atoms with van der Waals surface area (Å²) >= 11 is 0. The smallest absolute Gasteiger partial charge is 0.235 e. The zero-order chi connectivity index (χ0) is 19.3. The lowest BCUT2D eigenvalue weighted by molar-refractivity contribution is 0.199. The minimum atomic E-state index is 0.299. The van der Waals surface area contributed by atoms with Crippen molar-refractivity contribution in [3.05, 3.63) is 29.6 Å². The van der Waals surface area contributed by atoms with Crippen LogP contribution in [0.4, 0.5) is 0 Å². The van der Waals surface area contributed by atoms with Gasteiger partial charge in [0.25, 0.3) is 0 Å². The molecule has 0 spiro atoms. The summed E-state index contributed by atoms with van der Waals surface area (Å²) in [6.07, 6.45) is 15.1. The van der Waals surface area contributed by atoms with Gasteiger partial charge in [0.2, 0.25) is 5.90 Å². The van der Waals surface area contributed by atoms with Gasteiger partial charge in [-0.05, 0) is 62.0 Å². The molecule has 28 heavy (non-hydrogen) atoms. The van der Waals surface area contributed by atoms with Crippen LogP contribution in [0, 0.1) is 17.8 Å². The number of nitrogens with zero attached hydrogens (tertiary/aromatic N) is 2. The summed E-state index contributed by atoms with van der Waals surface area (Å²) in [7, 11) is 0. The molecule has 3 heteroatoms. The molecule has 0 radical (unpaired) electrons.